The highest BCUT2D eigenvalue weighted by molar-refractivity contribution is 6.06. The number of carbonyl (C=O) groups is 1. The van der Waals surface area contributed by atoms with Gasteiger partial charge >= 0.3 is 0 Å². The molecule has 3 N–H and O–H groups in total. The third-order valence-electron chi connectivity index (χ3n) is 4.88. The molecule has 0 bridgehead atoms. The molecular formula is C21H20O7. The van der Waals surface area contributed by atoms with E-state index in [9.17, 15) is 20.1 Å². The second-order valence-electron chi connectivity index (χ2n) is 7.33. The Hall–Kier alpha value is -3.19. The Balaban J connectivity index is 1.81. The molecular weight excluding hydrogens is 364 g/mol. The molecule has 2 aromatic carbocycles. The maximum absolute atomic E-state index is 12.8. The number of aliphatic hydroxyl groups excluding tert-OH is 1. The first kappa shape index (κ1) is 18.2. The summed E-state index contributed by atoms with van der Waals surface area (Å²) in [4.78, 5) is 12.8. The molecule has 4 rings (SSSR count). The van der Waals surface area contributed by atoms with Crippen LogP contribution in [0, 0.1) is 0 Å². The van der Waals surface area contributed by atoms with Crippen molar-refractivity contribution in [2.75, 3.05) is 7.11 Å². The van der Waals surface area contributed by atoms with Gasteiger partial charge in [0, 0.05) is 6.07 Å². The van der Waals surface area contributed by atoms with E-state index in [4.69, 9.17) is 14.2 Å². The number of ether oxygens (including phenoxy) is 3. The molecule has 2 aliphatic heterocycles. The van der Waals surface area contributed by atoms with Crippen molar-refractivity contribution >= 4 is 11.9 Å². The molecule has 0 spiro atoms. The summed E-state index contributed by atoms with van der Waals surface area (Å²) >= 11 is 0. The zero-order valence-electron chi connectivity index (χ0n) is 15.6. The Bertz CT molecular complexity index is 1010. The minimum atomic E-state index is -1.53. The van der Waals surface area contributed by atoms with Crippen molar-refractivity contribution in [3.8, 4) is 28.7 Å². The minimum absolute atomic E-state index is 0.0718. The number of phenolic OH excluding ortho intramolecular Hbond substituents is 2. The van der Waals surface area contributed by atoms with Gasteiger partial charge in [0.25, 0.3) is 0 Å². The molecule has 2 aliphatic rings. The van der Waals surface area contributed by atoms with E-state index in [1.165, 1.54) is 25.3 Å². The lowest BCUT2D eigenvalue weighted by Crippen LogP contribution is -2.36. The van der Waals surface area contributed by atoms with E-state index >= 15 is 0 Å². The largest absolute Gasteiger partial charge is 0.506 e. The summed E-state index contributed by atoms with van der Waals surface area (Å²) in [5, 5.41) is 30.9. The van der Waals surface area contributed by atoms with Crippen LogP contribution in [0.1, 0.15) is 41.4 Å². The lowest BCUT2D eigenvalue weighted by Gasteiger charge is -2.33. The number of aliphatic hydroxyl groups is 1. The number of rotatable bonds is 2. The number of hydrogen-bond donors (Lipinski definition) is 3. The maximum atomic E-state index is 12.8. The van der Waals surface area contributed by atoms with E-state index in [-0.39, 0.29) is 28.6 Å². The smallest absolute Gasteiger partial charge is 0.202 e. The zero-order valence-corrected chi connectivity index (χ0v) is 15.6. The fourth-order valence-corrected chi connectivity index (χ4v) is 3.42. The molecule has 2 aromatic rings. The lowest BCUT2D eigenvalue weighted by atomic mass is 9.90. The topological polar surface area (TPSA) is 105 Å². The molecule has 0 saturated carbocycles. The third-order valence-corrected chi connectivity index (χ3v) is 4.88. The summed E-state index contributed by atoms with van der Waals surface area (Å²) in [5.74, 6) is -0.320. The fourth-order valence-electron chi connectivity index (χ4n) is 3.42. The van der Waals surface area contributed by atoms with Gasteiger partial charge in [-0.05, 0) is 43.7 Å². The quantitative estimate of drug-likeness (QED) is 0.731. The second kappa shape index (κ2) is 6.17. The number of fused-ring (bicyclic) bond motifs is 2. The zero-order chi connectivity index (χ0) is 20.2. The summed E-state index contributed by atoms with van der Waals surface area (Å²) in [6.45, 7) is 3.73. The van der Waals surface area contributed by atoms with Gasteiger partial charge in [-0.25, -0.2) is 0 Å². The number of aromatic hydroxyl groups is 2. The van der Waals surface area contributed by atoms with Gasteiger partial charge in [0.2, 0.25) is 5.78 Å². The molecule has 2 heterocycles. The molecule has 0 aliphatic carbocycles. The van der Waals surface area contributed by atoms with Crippen molar-refractivity contribution in [1.82, 2.24) is 0 Å². The molecule has 2 atom stereocenters. The van der Waals surface area contributed by atoms with E-state index in [0.717, 1.165) is 0 Å². The van der Waals surface area contributed by atoms with Gasteiger partial charge in [-0.3, -0.25) is 4.79 Å². The standard InChI is InChI=1S/C21H20O7/c1-21(2)7-6-11-13(28-21)9-15-16(17(11)23)18(24)19(25)20(27-15)10-4-5-12(22)14(8-10)26-3/h4-9,19-20,22-23,25H,1-3H3/t19-,20+/m0/s1. The van der Waals surface area contributed by atoms with Crippen LogP contribution in [0.5, 0.6) is 28.7 Å². The summed E-state index contributed by atoms with van der Waals surface area (Å²) < 4.78 is 16.8. The van der Waals surface area contributed by atoms with Crippen molar-refractivity contribution in [2.45, 2.75) is 31.7 Å². The van der Waals surface area contributed by atoms with Gasteiger partial charge in [-0.15, -0.1) is 0 Å². The summed E-state index contributed by atoms with van der Waals surface area (Å²) in [5.41, 5.74) is 0.156. The first-order chi connectivity index (χ1) is 13.2. The number of benzene rings is 2. The van der Waals surface area contributed by atoms with Crippen molar-refractivity contribution in [1.29, 1.82) is 0 Å². The van der Waals surface area contributed by atoms with Gasteiger partial charge in [0.05, 0.1) is 12.7 Å². The van der Waals surface area contributed by atoms with Crippen LogP contribution in [0.3, 0.4) is 0 Å². The van der Waals surface area contributed by atoms with Crippen LogP contribution >= 0.6 is 0 Å². The average molecular weight is 384 g/mol. The molecule has 0 radical (unpaired) electrons. The van der Waals surface area contributed by atoms with Crippen molar-refractivity contribution in [3.63, 3.8) is 0 Å². The Morgan fingerprint density at radius 3 is 2.61 bits per heavy atom. The lowest BCUT2D eigenvalue weighted by molar-refractivity contribution is 0.0208. The number of phenols is 2. The van der Waals surface area contributed by atoms with Gasteiger partial charge in [-0.2, -0.15) is 0 Å². The number of carbonyl (C=O) groups excluding carboxylic acids is 1. The Morgan fingerprint density at radius 1 is 1.14 bits per heavy atom. The highest BCUT2D eigenvalue weighted by Gasteiger charge is 2.41. The van der Waals surface area contributed by atoms with Crippen LogP contribution in [-0.4, -0.2) is 39.9 Å². The van der Waals surface area contributed by atoms with Crippen molar-refractivity contribution in [3.05, 3.63) is 47.0 Å². The van der Waals surface area contributed by atoms with E-state index in [0.29, 0.717) is 16.9 Å². The number of hydrogen-bond acceptors (Lipinski definition) is 7. The van der Waals surface area contributed by atoms with Crippen LogP contribution < -0.4 is 14.2 Å². The maximum Gasteiger partial charge on any atom is 0.202 e. The van der Waals surface area contributed by atoms with E-state index in [1.54, 1.807) is 18.2 Å². The summed E-state index contributed by atoms with van der Waals surface area (Å²) in [7, 11) is 1.40. The first-order valence-corrected chi connectivity index (χ1v) is 8.76. The van der Waals surface area contributed by atoms with Crippen LogP contribution in [0.25, 0.3) is 6.08 Å². The molecule has 0 fully saturated rings. The average Bonchev–Trinajstić information content (AvgIpc) is 2.64. The minimum Gasteiger partial charge on any atom is -0.506 e. The molecule has 7 heteroatoms. The molecule has 0 amide bonds. The fraction of sp³-hybridized carbons (Fsp3) is 0.286. The monoisotopic (exact) mass is 384 g/mol. The molecule has 0 unspecified atom stereocenters. The third kappa shape index (κ3) is 2.75. The van der Waals surface area contributed by atoms with E-state index in [1.807, 2.05) is 13.8 Å². The summed E-state index contributed by atoms with van der Waals surface area (Å²) in [6.07, 6.45) is 0.900. The predicted molar refractivity (Wildman–Crippen MR) is 100 cm³/mol. The summed E-state index contributed by atoms with van der Waals surface area (Å²) in [6, 6.07) is 5.96. The molecule has 0 saturated heterocycles. The molecule has 0 aromatic heterocycles. The number of methoxy groups -OCH3 is 1. The van der Waals surface area contributed by atoms with Crippen molar-refractivity contribution < 1.29 is 34.3 Å². The normalized spacial score (nSPS) is 21.9. The van der Waals surface area contributed by atoms with Gasteiger partial charge < -0.3 is 29.5 Å². The van der Waals surface area contributed by atoms with E-state index in [2.05, 4.69) is 0 Å². The number of ketones is 1. The van der Waals surface area contributed by atoms with Crippen LogP contribution in [0.15, 0.2) is 30.3 Å². The van der Waals surface area contributed by atoms with E-state index < -0.39 is 23.6 Å². The van der Waals surface area contributed by atoms with Gasteiger partial charge in [0.1, 0.15) is 28.4 Å². The number of Topliss-reactive ketones (excluding diaryl/α,β-unsaturated/α-hetero) is 1. The highest BCUT2D eigenvalue weighted by Crippen LogP contribution is 2.48. The van der Waals surface area contributed by atoms with Gasteiger partial charge in [-0.1, -0.05) is 6.07 Å². The van der Waals surface area contributed by atoms with Crippen molar-refractivity contribution in [2.24, 2.45) is 0 Å². The van der Waals surface area contributed by atoms with Gasteiger partial charge in [0.15, 0.2) is 23.7 Å². The Morgan fingerprint density at radius 2 is 1.89 bits per heavy atom. The van der Waals surface area contributed by atoms with Crippen LogP contribution in [0.4, 0.5) is 0 Å². The van der Waals surface area contributed by atoms with Crippen LogP contribution in [-0.2, 0) is 0 Å². The Kier molecular flexibility index (Phi) is 4.01. The molecule has 7 nitrogen and oxygen atoms in total. The predicted octanol–water partition coefficient (Wildman–Crippen LogP) is 2.97. The second-order valence-corrected chi connectivity index (χ2v) is 7.33. The Labute approximate surface area is 161 Å². The first-order valence-electron chi connectivity index (χ1n) is 8.76. The SMILES string of the molecule is COc1cc([C@H]2Oc3cc4c(c(O)c3C(=O)[C@@H]2O)C=CC(C)(C)O4)ccc1O. The highest BCUT2D eigenvalue weighted by atomic mass is 16.5. The molecule has 28 heavy (non-hydrogen) atoms. The molecule has 146 valence electrons. The van der Waals surface area contributed by atoms with Crippen LogP contribution in [0.2, 0.25) is 0 Å².